The number of hydrogen-bond acceptors (Lipinski definition) is 6. The number of carbonyl (C=O) groups excluding carboxylic acids is 2. The molecule has 0 saturated heterocycles. The summed E-state index contributed by atoms with van der Waals surface area (Å²) in [5, 5.41) is 12.1. The van der Waals surface area contributed by atoms with Gasteiger partial charge in [0.15, 0.2) is 11.5 Å². The van der Waals surface area contributed by atoms with Crippen molar-refractivity contribution in [1.82, 2.24) is 4.90 Å². The Balaban J connectivity index is 1.59. The highest BCUT2D eigenvalue weighted by Gasteiger charge is 2.44. The highest BCUT2D eigenvalue weighted by molar-refractivity contribution is 6.31. The van der Waals surface area contributed by atoms with Crippen molar-refractivity contribution in [1.29, 1.82) is 0 Å². The fourth-order valence-corrected chi connectivity index (χ4v) is 4.76. The molecule has 8 heteroatoms. The van der Waals surface area contributed by atoms with E-state index in [0.717, 1.165) is 5.56 Å². The standard InChI is InChI=1S/C29H24ClNO6/c1-3-36-21-11-8-17(9-12-21)26-25(27(32)24-15-19-14-20(30)10-13-23(19)37-24)28(33)29(34)31(26)16-18-6-4-5-7-22(18)35-2/h4-15,26,33H,3,16H2,1-2H3. The minimum Gasteiger partial charge on any atom is -0.503 e. The van der Waals surface area contributed by atoms with Crippen LogP contribution in [0, 0.1) is 0 Å². The summed E-state index contributed by atoms with van der Waals surface area (Å²) in [4.78, 5) is 28.6. The minimum atomic E-state index is -0.864. The smallest absolute Gasteiger partial charge is 0.290 e. The van der Waals surface area contributed by atoms with Crippen LogP contribution in [0.3, 0.4) is 0 Å². The average molecular weight is 518 g/mol. The van der Waals surface area contributed by atoms with E-state index >= 15 is 0 Å². The molecule has 1 unspecified atom stereocenters. The molecule has 1 atom stereocenters. The predicted octanol–water partition coefficient (Wildman–Crippen LogP) is 6.27. The molecule has 1 aliphatic rings. The third-order valence-electron chi connectivity index (χ3n) is 6.29. The summed E-state index contributed by atoms with van der Waals surface area (Å²) >= 11 is 6.09. The predicted molar refractivity (Wildman–Crippen MR) is 139 cm³/mol. The number of amides is 1. The molecule has 1 amide bonds. The van der Waals surface area contributed by atoms with E-state index in [2.05, 4.69) is 0 Å². The molecule has 7 nitrogen and oxygen atoms in total. The second kappa shape index (κ2) is 10.0. The van der Waals surface area contributed by atoms with Gasteiger partial charge in [-0.05, 0) is 55.0 Å². The van der Waals surface area contributed by atoms with Crippen LogP contribution in [0.5, 0.6) is 11.5 Å². The molecule has 0 spiro atoms. The van der Waals surface area contributed by atoms with E-state index in [1.54, 1.807) is 61.7 Å². The van der Waals surface area contributed by atoms with Crippen LogP contribution < -0.4 is 9.47 Å². The zero-order chi connectivity index (χ0) is 26.1. The van der Waals surface area contributed by atoms with Gasteiger partial charge < -0.3 is 23.9 Å². The van der Waals surface area contributed by atoms with Gasteiger partial charge in [0, 0.05) is 16.0 Å². The van der Waals surface area contributed by atoms with Gasteiger partial charge in [0.1, 0.15) is 17.1 Å². The quantitative estimate of drug-likeness (QED) is 0.277. The second-order valence-electron chi connectivity index (χ2n) is 8.53. The van der Waals surface area contributed by atoms with Crippen LogP contribution in [0.4, 0.5) is 0 Å². The van der Waals surface area contributed by atoms with Crippen LogP contribution >= 0.6 is 11.6 Å². The number of aliphatic hydroxyl groups excluding tert-OH is 1. The van der Waals surface area contributed by atoms with Crippen LogP contribution in [0.2, 0.25) is 5.02 Å². The number of fused-ring (bicyclic) bond motifs is 1. The van der Waals surface area contributed by atoms with Gasteiger partial charge in [0.05, 0.1) is 31.9 Å². The molecule has 0 aliphatic carbocycles. The highest BCUT2D eigenvalue weighted by atomic mass is 35.5. The molecule has 2 heterocycles. The monoisotopic (exact) mass is 517 g/mol. The largest absolute Gasteiger partial charge is 0.503 e. The van der Waals surface area contributed by atoms with E-state index in [-0.39, 0.29) is 17.9 Å². The third-order valence-corrected chi connectivity index (χ3v) is 6.53. The van der Waals surface area contributed by atoms with Gasteiger partial charge in [0.2, 0.25) is 5.78 Å². The number of hydrogen-bond donors (Lipinski definition) is 1. The first-order valence-corrected chi connectivity index (χ1v) is 12.1. The maximum Gasteiger partial charge on any atom is 0.290 e. The van der Waals surface area contributed by atoms with E-state index in [4.69, 9.17) is 25.5 Å². The van der Waals surface area contributed by atoms with Crippen molar-refractivity contribution in [2.45, 2.75) is 19.5 Å². The number of methoxy groups -OCH3 is 1. The number of ether oxygens (including phenoxy) is 2. The van der Waals surface area contributed by atoms with Gasteiger partial charge in [0.25, 0.3) is 5.91 Å². The second-order valence-corrected chi connectivity index (χ2v) is 8.97. The Morgan fingerprint density at radius 1 is 1.08 bits per heavy atom. The zero-order valence-electron chi connectivity index (χ0n) is 20.2. The molecule has 0 radical (unpaired) electrons. The Kier molecular flexibility index (Phi) is 6.63. The molecule has 3 aromatic carbocycles. The minimum absolute atomic E-state index is 0.00157. The Morgan fingerprint density at radius 3 is 2.57 bits per heavy atom. The van der Waals surface area contributed by atoms with Crippen LogP contribution in [0.15, 0.2) is 88.5 Å². The Bertz CT molecular complexity index is 1520. The van der Waals surface area contributed by atoms with Crippen LogP contribution in [0.1, 0.15) is 34.6 Å². The van der Waals surface area contributed by atoms with Gasteiger partial charge >= 0.3 is 0 Å². The average Bonchev–Trinajstić information content (AvgIpc) is 3.43. The summed E-state index contributed by atoms with van der Waals surface area (Å²) in [6, 6.07) is 20.1. The van der Waals surface area contributed by atoms with Crippen molar-refractivity contribution in [3.63, 3.8) is 0 Å². The lowest BCUT2D eigenvalue weighted by atomic mass is 9.94. The number of para-hydroxylation sites is 1. The van der Waals surface area contributed by atoms with Gasteiger partial charge in [-0.25, -0.2) is 0 Å². The molecular weight excluding hydrogens is 494 g/mol. The summed E-state index contributed by atoms with van der Waals surface area (Å²) in [7, 11) is 1.55. The molecule has 5 rings (SSSR count). The van der Waals surface area contributed by atoms with Gasteiger partial charge in [-0.15, -0.1) is 0 Å². The first kappa shape index (κ1) is 24.5. The molecule has 0 fully saturated rings. The zero-order valence-corrected chi connectivity index (χ0v) is 21.0. The number of ketones is 1. The Morgan fingerprint density at radius 2 is 1.84 bits per heavy atom. The van der Waals surface area contributed by atoms with Crippen molar-refractivity contribution in [3.8, 4) is 11.5 Å². The molecule has 1 aromatic heterocycles. The molecule has 0 bridgehead atoms. The molecule has 0 saturated carbocycles. The van der Waals surface area contributed by atoms with Crippen LogP contribution in [-0.2, 0) is 11.3 Å². The molecule has 188 valence electrons. The first-order valence-electron chi connectivity index (χ1n) is 11.7. The number of benzene rings is 3. The number of carbonyl (C=O) groups is 2. The fraction of sp³-hybridized carbons (Fsp3) is 0.172. The Hall–Kier alpha value is -4.23. The fourth-order valence-electron chi connectivity index (χ4n) is 4.58. The molecule has 1 N–H and O–H groups in total. The first-order chi connectivity index (χ1) is 17.9. The maximum absolute atomic E-state index is 13.8. The molecule has 1 aliphatic heterocycles. The summed E-state index contributed by atoms with van der Waals surface area (Å²) in [5.74, 6) is -0.609. The van der Waals surface area contributed by atoms with E-state index in [9.17, 15) is 14.7 Å². The lowest BCUT2D eigenvalue weighted by molar-refractivity contribution is -0.130. The van der Waals surface area contributed by atoms with E-state index in [1.165, 1.54) is 4.90 Å². The number of rotatable bonds is 8. The summed E-state index contributed by atoms with van der Waals surface area (Å²) in [6.07, 6.45) is 0. The maximum atomic E-state index is 13.8. The third kappa shape index (κ3) is 4.54. The highest BCUT2D eigenvalue weighted by Crippen LogP contribution is 2.41. The number of nitrogens with zero attached hydrogens (tertiary/aromatic N) is 1. The van der Waals surface area contributed by atoms with Crippen molar-refractivity contribution < 1.29 is 28.6 Å². The Labute approximate surface area is 218 Å². The van der Waals surface area contributed by atoms with Crippen molar-refractivity contribution in [2.75, 3.05) is 13.7 Å². The SMILES string of the molecule is CCOc1ccc(C2C(C(=O)c3cc4cc(Cl)ccc4o3)=C(O)C(=O)N2Cc2ccccc2OC)cc1. The number of Topliss-reactive ketones (excluding diaryl/α,β-unsaturated/α-hetero) is 1. The number of halogens is 1. The molecule has 4 aromatic rings. The normalized spacial score (nSPS) is 15.5. The number of aliphatic hydroxyl groups is 1. The van der Waals surface area contributed by atoms with Crippen molar-refractivity contribution >= 4 is 34.3 Å². The topological polar surface area (TPSA) is 89.2 Å². The van der Waals surface area contributed by atoms with E-state index in [1.807, 2.05) is 25.1 Å². The number of furan rings is 1. The van der Waals surface area contributed by atoms with Crippen LogP contribution in [0.25, 0.3) is 11.0 Å². The lowest BCUT2D eigenvalue weighted by Crippen LogP contribution is -2.30. The van der Waals surface area contributed by atoms with Gasteiger partial charge in [-0.2, -0.15) is 0 Å². The summed E-state index contributed by atoms with van der Waals surface area (Å²) in [6.45, 7) is 2.50. The van der Waals surface area contributed by atoms with E-state index < -0.39 is 23.5 Å². The van der Waals surface area contributed by atoms with Gasteiger partial charge in [-0.1, -0.05) is 41.9 Å². The molecular formula is C29H24ClNO6. The van der Waals surface area contributed by atoms with E-state index in [0.29, 0.717) is 39.7 Å². The van der Waals surface area contributed by atoms with Crippen molar-refractivity contribution in [2.24, 2.45) is 0 Å². The van der Waals surface area contributed by atoms with Gasteiger partial charge in [-0.3, -0.25) is 9.59 Å². The lowest BCUT2D eigenvalue weighted by Gasteiger charge is -2.27. The van der Waals surface area contributed by atoms with Crippen LogP contribution in [-0.4, -0.2) is 35.4 Å². The summed E-state index contributed by atoms with van der Waals surface area (Å²) < 4.78 is 16.8. The summed E-state index contributed by atoms with van der Waals surface area (Å²) in [5.41, 5.74) is 1.78. The molecule has 37 heavy (non-hydrogen) atoms. The van der Waals surface area contributed by atoms with Crippen molar-refractivity contribution in [3.05, 3.63) is 106 Å².